The Labute approximate surface area is 105 Å². The minimum Gasteiger partial charge on any atom is -0.330 e. The Bertz CT molecular complexity index is 362. The van der Waals surface area contributed by atoms with E-state index < -0.39 is 0 Å². The van der Waals surface area contributed by atoms with Crippen LogP contribution in [0.3, 0.4) is 0 Å². The third-order valence-electron chi connectivity index (χ3n) is 3.94. The highest BCUT2D eigenvalue weighted by atomic mass is 15.1. The van der Waals surface area contributed by atoms with Crippen molar-refractivity contribution in [2.45, 2.75) is 32.2 Å². The monoisotopic (exact) mass is 232 g/mol. The molecule has 0 spiro atoms. The van der Waals surface area contributed by atoms with Crippen molar-refractivity contribution in [2.24, 2.45) is 11.7 Å². The summed E-state index contributed by atoms with van der Waals surface area (Å²) >= 11 is 0. The maximum absolute atomic E-state index is 5.97. The van der Waals surface area contributed by atoms with E-state index in [0.29, 0.717) is 12.0 Å². The molecule has 0 radical (unpaired) electrons. The molecule has 2 atom stereocenters. The molecule has 0 saturated carbocycles. The fraction of sp³-hybridized carbons (Fsp3) is 0.600. The minimum atomic E-state index is 0.502. The van der Waals surface area contributed by atoms with Crippen LogP contribution >= 0.6 is 0 Å². The van der Waals surface area contributed by atoms with E-state index in [1.807, 2.05) is 0 Å². The van der Waals surface area contributed by atoms with Crippen LogP contribution in [0.15, 0.2) is 24.3 Å². The maximum atomic E-state index is 5.97. The second-order valence-electron chi connectivity index (χ2n) is 5.33. The Morgan fingerprint density at radius 2 is 2.18 bits per heavy atom. The van der Waals surface area contributed by atoms with Crippen LogP contribution in [0.4, 0.5) is 0 Å². The van der Waals surface area contributed by atoms with Crippen molar-refractivity contribution in [3.05, 3.63) is 35.4 Å². The molecule has 1 heterocycles. The SMILES string of the molecule is Cc1cccc([C@@H]2[C@@H](CN)CCCCN2C)c1. The van der Waals surface area contributed by atoms with E-state index in [0.717, 1.165) is 6.54 Å². The van der Waals surface area contributed by atoms with Crippen molar-refractivity contribution < 1.29 is 0 Å². The molecule has 1 aliphatic rings. The summed E-state index contributed by atoms with van der Waals surface area (Å²) in [5, 5.41) is 0. The normalized spacial score (nSPS) is 26.8. The lowest BCUT2D eigenvalue weighted by Gasteiger charge is -2.32. The molecule has 94 valence electrons. The topological polar surface area (TPSA) is 29.3 Å². The molecule has 1 aromatic carbocycles. The van der Waals surface area contributed by atoms with E-state index in [1.165, 1.54) is 36.9 Å². The number of hydrogen-bond donors (Lipinski definition) is 1. The predicted octanol–water partition coefficient (Wildman–Crippen LogP) is 2.73. The number of likely N-dealkylation sites (tertiary alicyclic amines) is 1. The van der Waals surface area contributed by atoms with Crippen molar-refractivity contribution in [1.29, 1.82) is 0 Å². The van der Waals surface area contributed by atoms with Crippen LogP contribution in [0.25, 0.3) is 0 Å². The van der Waals surface area contributed by atoms with Crippen LogP contribution in [0.1, 0.15) is 36.4 Å². The Kier molecular flexibility index (Phi) is 4.19. The zero-order valence-electron chi connectivity index (χ0n) is 11.0. The molecule has 0 amide bonds. The fourth-order valence-corrected chi connectivity index (χ4v) is 3.05. The van der Waals surface area contributed by atoms with Crippen LogP contribution < -0.4 is 5.73 Å². The van der Waals surface area contributed by atoms with E-state index in [-0.39, 0.29) is 0 Å². The molecule has 0 aliphatic carbocycles. The molecule has 0 aromatic heterocycles. The largest absolute Gasteiger partial charge is 0.330 e. The molecule has 17 heavy (non-hydrogen) atoms. The van der Waals surface area contributed by atoms with Crippen LogP contribution in [0.2, 0.25) is 0 Å². The number of hydrogen-bond acceptors (Lipinski definition) is 2. The van der Waals surface area contributed by atoms with E-state index in [4.69, 9.17) is 5.73 Å². The summed E-state index contributed by atoms with van der Waals surface area (Å²) in [5.41, 5.74) is 8.75. The number of nitrogens with two attached hydrogens (primary N) is 1. The highest BCUT2D eigenvalue weighted by Gasteiger charge is 2.27. The number of nitrogens with zero attached hydrogens (tertiary/aromatic N) is 1. The van der Waals surface area contributed by atoms with Crippen LogP contribution in [0.5, 0.6) is 0 Å². The van der Waals surface area contributed by atoms with Crippen molar-refractivity contribution in [2.75, 3.05) is 20.1 Å². The zero-order valence-corrected chi connectivity index (χ0v) is 11.0. The molecule has 1 fully saturated rings. The first-order valence-corrected chi connectivity index (χ1v) is 6.69. The molecular weight excluding hydrogens is 208 g/mol. The summed E-state index contributed by atoms with van der Waals surface area (Å²) in [7, 11) is 2.24. The molecule has 1 aromatic rings. The summed E-state index contributed by atoms with van der Waals surface area (Å²) in [6.07, 6.45) is 3.88. The molecule has 1 saturated heterocycles. The molecule has 0 bridgehead atoms. The Hall–Kier alpha value is -0.860. The van der Waals surface area contributed by atoms with Gasteiger partial charge in [0.15, 0.2) is 0 Å². The second-order valence-corrected chi connectivity index (χ2v) is 5.33. The summed E-state index contributed by atoms with van der Waals surface area (Å²) < 4.78 is 0. The van der Waals surface area contributed by atoms with Crippen molar-refractivity contribution >= 4 is 0 Å². The van der Waals surface area contributed by atoms with Gasteiger partial charge < -0.3 is 5.73 Å². The van der Waals surface area contributed by atoms with Gasteiger partial charge in [-0.15, -0.1) is 0 Å². The van der Waals surface area contributed by atoms with Crippen LogP contribution in [-0.2, 0) is 0 Å². The van der Waals surface area contributed by atoms with Gasteiger partial charge in [0.1, 0.15) is 0 Å². The average molecular weight is 232 g/mol. The summed E-state index contributed by atoms with van der Waals surface area (Å²) in [6, 6.07) is 9.40. The zero-order chi connectivity index (χ0) is 12.3. The predicted molar refractivity (Wildman–Crippen MR) is 72.9 cm³/mol. The number of benzene rings is 1. The van der Waals surface area contributed by atoms with E-state index in [1.54, 1.807) is 0 Å². The standard InChI is InChI=1S/C15H24N2/c1-12-6-5-8-13(10-12)15-14(11-16)7-3-4-9-17(15)2/h5-6,8,10,14-15H,3-4,7,9,11,16H2,1-2H3/t14-,15-/m1/s1. The Morgan fingerprint density at radius 3 is 2.88 bits per heavy atom. The highest BCUT2D eigenvalue weighted by molar-refractivity contribution is 5.26. The van der Waals surface area contributed by atoms with Crippen LogP contribution in [-0.4, -0.2) is 25.0 Å². The van der Waals surface area contributed by atoms with Gasteiger partial charge in [-0.25, -0.2) is 0 Å². The first-order valence-electron chi connectivity index (χ1n) is 6.69. The average Bonchev–Trinajstić information content (AvgIpc) is 2.50. The van der Waals surface area contributed by atoms with Gasteiger partial charge in [0.2, 0.25) is 0 Å². The van der Waals surface area contributed by atoms with Gasteiger partial charge in [-0.2, -0.15) is 0 Å². The van der Waals surface area contributed by atoms with Gasteiger partial charge in [-0.05, 0) is 51.4 Å². The lowest BCUT2D eigenvalue weighted by Crippen LogP contribution is -2.33. The van der Waals surface area contributed by atoms with Gasteiger partial charge in [0.05, 0.1) is 0 Å². The smallest absolute Gasteiger partial charge is 0.0385 e. The second kappa shape index (κ2) is 5.65. The molecule has 2 heteroatoms. The molecule has 2 rings (SSSR count). The third-order valence-corrected chi connectivity index (χ3v) is 3.94. The summed E-state index contributed by atoms with van der Waals surface area (Å²) in [4.78, 5) is 2.49. The third kappa shape index (κ3) is 2.88. The van der Waals surface area contributed by atoms with Crippen molar-refractivity contribution in [3.8, 4) is 0 Å². The Morgan fingerprint density at radius 1 is 1.35 bits per heavy atom. The lowest BCUT2D eigenvalue weighted by molar-refractivity contribution is 0.196. The molecule has 1 aliphatic heterocycles. The van der Waals surface area contributed by atoms with Gasteiger partial charge >= 0.3 is 0 Å². The van der Waals surface area contributed by atoms with Crippen molar-refractivity contribution in [1.82, 2.24) is 4.90 Å². The quantitative estimate of drug-likeness (QED) is 0.849. The van der Waals surface area contributed by atoms with Gasteiger partial charge in [0.25, 0.3) is 0 Å². The van der Waals surface area contributed by atoms with Gasteiger partial charge in [-0.1, -0.05) is 36.2 Å². The fourth-order valence-electron chi connectivity index (χ4n) is 3.05. The summed E-state index contributed by atoms with van der Waals surface area (Å²) in [6.45, 7) is 4.15. The van der Waals surface area contributed by atoms with E-state index in [2.05, 4.69) is 43.1 Å². The lowest BCUT2D eigenvalue weighted by atomic mass is 9.89. The molecule has 0 unspecified atom stereocenters. The molecule has 2 N–H and O–H groups in total. The van der Waals surface area contributed by atoms with E-state index in [9.17, 15) is 0 Å². The maximum Gasteiger partial charge on any atom is 0.0385 e. The van der Waals surface area contributed by atoms with Gasteiger partial charge in [0, 0.05) is 6.04 Å². The van der Waals surface area contributed by atoms with Crippen LogP contribution in [0, 0.1) is 12.8 Å². The summed E-state index contributed by atoms with van der Waals surface area (Å²) in [5.74, 6) is 0.601. The number of aryl methyl sites for hydroxylation is 1. The first kappa shape index (κ1) is 12.6. The first-order chi connectivity index (χ1) is 8.22. The van der Waals surface area contributed by atoms with Gasteiger partial charge in [-0.3, -0.25) is 4.90 Å². The highest BCUT2D eigenvalue weighted by Crippen LogP contribution is 2.33. The molecular formula is C15H24N2. The van der Waals surface area contributed by atoms with Crippen molar-refractivity contribution in [3.63, 3.8) is 0 Å². The Balaban J connectivity index is 2.30. The van der Waals surface area contributed by atoms with E-state index >= 15 is 0 Å². The minimum absolute atomic E-state index is 0.502. The molecule has 2 nitrogen and oxygen atoms in total. The number of rotatable bonds is 2.